The fraction of sp³-hybridized carbons (Fsp3) is 0.0455. The maximum atomic E-state index is 7.24. The molecule has 1 heterocycles. The molecule has 46 heavy (non-hydrogen) atoms. The van der Waals surface area contributed by atoms with Crippen molar-refractivity contribution in [3.8, 4) is 22.3 Å². The Balaban J connectivity index is 1.37. The summed E-state index contributed by atoms with van der Waals surface area (Å²) >= 11 is 9.11. The average molecular weight is 621 g/mol. The molecule has 3 aliphatic carbocycles. The summed E-state index contributed by atoms with van der Waals surface area (Å²) in [5.74, 6) is 0. The van der Waals surface area contributed by atoms with Crippen LogP contribution < -0.4 is 0 Å². The lowest BCUT2D eigenvalue weighted by Crippen LogP contribution is -2.43. The minimum absolute atomic E-state index is 0.438. The number of hydrogen-bond donors (Lipinski definition) is 0. The minimum Gasteiger partial charge on any atom is -0.135 e. The van der Waals surface area contributed by atoms with Gasteiger partial charge in [-0.2, -0.15) is 0 Å². The van der Waals surface area contributed by atoms with Gasteiger partial charge in [-0.25, -0.2) is 0 Å². The molecule has 8 aromatic rings. The maximum Gasteiger partial charge on any atom is 0.0720 e. The molecule has 7 aromatic carbocycles. The van der Waals surface area contributed by atoms with Crippen molar-refractivity contribution in [2.24, 2.45) is 0 Å². The van der Waals surface area contributed by atoms with Gasteiger partial charge in [0.25, 0.3) is 0 Å². The van der Waals surface area contributed by atoms with E-state index in [2.05, 4.69) is 152 Å². The molecular formula is C44H25ClS. The van der Waals surface area contributed by atoms with E-state index in [-0.39, 0.29) is 0 Å². The smallest absolute Gasteiger partial charge is 0.0720 e. The summed E-state index contributed by atoms with van der Waals surface area (Å²) < 4.78 is 2.62. The Kier molecular flexibility index (Phi) is 4.75. The van der Waals surface area contributed by atoms with Crippen molar-refractivity contribution in [2.75, 3.05) is 0 Å². The first kappa shape index (κ1) is 25.3. The van der Waals surface area contributed by atoms with Crippen LogP contribution in [0, 0.1) is 0 Å². The van der Waals surface area contributed by atoms with Gasteiger partial charge in [0.15, 0.2) is 0 Å². The fourth-order valence-corrected chi connectivity index (χ4v) is 10.9. The van der Waals surface area contributed by atoms with Gasteiger partial charge in [0, 0.05) is 30.8 Å². The van der Waals surface area contributed by atoms with Crippen LogP contribution in [0.25, 0.3) is 42.4 Å². The van der Waals surface area contributed by atoms with Crippen molar-refractivity contribution in [2.45, 2.75) is 10.8 Å². The van der Waals surface area contributed by atoms with Crippen LogP contribution >= 0.6 is 22.9 Å². The van der Waals surface area contributed by atoms with E-state index in [1.807, 2.05) is 11.3 Å². The molecule has 2 heteroatoms. The van der Waals surface area contributed by atoms with E-state index < -0.39 is 10.8 Å². The normalized spacial score (nSPS) is 15.4. The monoisotopic (exact) mass is 620 g/mol. The van der Waals surface area contributed by atoms with Crippen LogP contribution in [0.3, 0.4) is 0 Å². The van der Waals surface area contributed by atoms with E-state index in [0.717, 1.165) is 10.6 Å². The molecule has 3 aliphatic rings. The molecule has 0 fully saturated rings. The summed E-state index contributed by atoms with van der Waals surface area (Å²) in [5.41, 5.74) is 14.7. The average Bonchev–Trinajstić information content (AvgIpc) is 3.72. The van der Waals surface area contributed by atoms with Gasteiger partial charge in [0.05, 0.1) is 10.8 Å². The Morgan fingerprint density at radius 2 is 0.870 bits per heavy atom. The number of hydrogen-bond acceptors (Lipinski definition) is 1. The van der Waals surface area contributed by atoms with Crippen molar-refractivity contribution in [3.63, 3.8) is 0 Å². The highest BCUT2D eigenvalue weighted by Gasteiger charge is 2.59. The van der Waals surface area contributed by atoms with E-state index >= 15 is 0 Å². The molecule has 0 unspecified atom stereocenters. The SMILES string of the molecule is Clc1cccc2c1-c1cc3sc4ccccc4c3cc1C21c2ccccc2C2(c3ccccc3-c3ccccc32)c2ccccc21. The van der Waals surface area contributed by atoms with Crippen molar-refractivity contribution >= 4 is 43.1 Å². The molecule has 0 bridgehead atoms. The van der Waals surface area contributed by atoms with Gasteiger partial charge in [0.2, 0.25) is 0 Å². The lowest BCUT2D eigenvalue weighted by Gasteiger charge is -2.48. The lowest BCUT2D eigenvalue weighted by molar-refractivity contribution is 0.633. The van der Waals surface area contributed by atoms with Gasteiger partial charge in [-0.15, -0.1) is 11.3 Å². The number of rotatable bonds is 0. The van der Waals surface area contributed by atoms with Crippen LogP contribution in [0.1, 0.15) is 44.5 Å². The Labute approximate surface area is 276 Å². The molecule has 0 saturated heterocycles. The zero-order chi connectivity index (χ0) is 30.2. The highest BCUT2D eigenvalue weighted by Crippen LogP contribution is 2.68. The summed E-state index contributed by atoms with van der Waals surface area (Å²) in [5, 5.41) is 3.44. The Morgan fingerprint density at radius 1 is 0.370 bits per heavy atom. The van der Waals surface area contributed by atoms with Crippen LogP contribution in [-0.2, 0) is 10.8 Å². The Bertz CT molecular complexity index is 2530. The number of benzene rings is 7. The third kappa shape index (κ3) is 2.72. The first-order chi connectivity index (χ1) is 22.7. The van der Waals surface area contributed by atoms with Gasteiger partial charge in [0.1, 0.15) is 0 Å². The summed E-state index contributed by atoms with van der Waals surface area (Å²) in [4.78, 5) is 0. The van der Waals surface area contributed by atoms with E-state index in [1.165, 1.54) is 81.4 Å². The second-order valence-corrected chi connectivity index (χ2v) is 14.3. The van der Waals surface area contributed by atoms with Crippen molar-refractivity contribution < 1.29 is 0 Å². The number of halogens is 1. The predicted octanol–water partition coefficient (Wildman–Crippen LogP) is 11.7. The highest BCUT2D eigenvalue weighted by atomic mass is 35.5. The quantitative estimate of drug-likeness (QED) is 0.158. The van der Waals surface area contributed by atoms with Crippen molar-refractivity contribution in [3.05, 3.63) is 201 Å². The van der Waals surface area contributed by atoms with Gasteiger partial charge in [-0.3, -0.25) is 0 Å². The first-order valence-corrected chi connectivity index (χ1v) is 17.1. The molecule has 0 aliphatic heterocycles. The van der Waals surface area contributed by atoms with Gasteiger partial charge in [-0.1, -0.05) is 139 Å². The number of fused-ring (bicyclic) bond motifs is 19. The van der Waals surface area contributed by atoms with Crippen LogP contribution in [0.4, 0.5) is 0 Å². The fourth-order valence-electron chi connectivity index (χ4n) is 9.50. The van der Waals surface area contributed by atoms with E-state index in [0.29, 0.717) is 0 Å². The topological polar surface area (TPSA) is 0 Å². The predicted molar refractivity (Wildman–Crippen MR) is 193 cm³/mol. The molecule has 214 valence electrons. The molecule has 1 aromatic heterocycles. The Morgan fingerprint density at radius 3 is 1.50 bits per heavy atom. The molecule has 11 rings (SSSR count). The minimum atomic E-state index is -0.530. The van der Waals surface area contributed by atoms with Crippen molar-refractivity contribution in [1.82, 2.24) is 0 Å². The Hall–Kier alpha value is -4.95. The van der Waals surface area contributed by atoms with Crippen LogP contribution in [-0.4, -0.2) is 0 Å². The third-order valence-electron chi connectivity index (χ3n) is 11.0. The molecule has 0 saturated carbocycles. The molecule has 2 spiro atoms. The zero-order valence-corrected chi connectivity index (χ0v) is 26.3. The standard InChI is InChI=1S/C44H25ClS/c45-39-22-11-21-37-42(39)30-25-41-29(28-14-3-10-23-40(28)46-41)24-38(30)44(37)35-19-8-6-17-33(35)43(34-18-7-9-20-36(34)44)31-15-4-1-12-26(31)27-13-2-5-16-32(27)43/h1-25H. The van der Waals surface area contributed by atoms with Gasteiger partial charge < -0.3 is 0 Å². The molecule has 0 atom stereocenters. The van der Waals surface area contributed by atoms with Crippen molar-refractivity contribution in [1.29, 1.82) is 0 Å². The zero-order valence-electron chi connectivity index (χ0n) is 24.7. The van der Waals surface area contributed by atoms with Gasteiger partial charge in [-0.05, 0) is 85.5 Å². The maximum absolute atomic E-state index is 7.24. The van der Waals surface area contributed by atoms with E-state index in [4.69, 9.17) is 11.6 Å². The lowest BCUT2D eigenvalue weighted by atomic mass is 9.52. The summed E-state index contributed by atoms with van der Waals surface area (Å²) in [6.45, 7) is 0. The number of thiophene rings is 1. The third-order valence-corrected chi connectivity index (χ3v) is 12.5. The summed E-state index contributed by atoms with van der Waals surface area (Å²) in [6, 6.07) is 56.9. The molecule has 0 radical (unpaired) electrons. The second kappa shape index (κ2) is 8.65. The molecular weight excluding hydrogens is 596 g/mol. The van der Waals surface area contributed by atoms with Gasteiger partial charge >= 0.3 is 0 Å². The molecule has 0 nitrogen and oxygen atoms in total. The van der Waals surface area contributed by atoms with E-state index in [9.17, 15) is 0 Å². The van der Waals surface area contributed by atoms with Crippen LogP contribution in [0.2, 0.25) is 5.02 Å². The first-order valence-electron chi connectivity index (χ1n) is 15.9. The summed E-state index contributed by atoms with van der Waals surface area (Å²) in [7, 11) is 0. The molecule has 0 N–H and O–H groups in total. The molecule has 0 amide bonds. The summed E-state index contributed by atoms with van der Waals surface area (Å²) in [6.07, 6.45) is 0. The van der Waals surface area contributed by atoms with Crippen LogP contribution in [0.5, 0.6) is 0 Å². The second-order valence-electron chi connectivity index (χ2n) is 12.8. The van der Waals surface area contributed by atoms with Crippen LogP contribution in [0.15, 0.2) is 152 Å². The highest BCUT2D eigenvalue weighted by molar-refractivity contribution is 7.25. The largest absolute Gasteiger partial charge is 0.135 e. The van der Waals surface area contributed by atoms with E-state index in [1.54, 1.807) is 0 Å².